The maximum Gasteiger partial charge on any atom is 0.189 e. The number of benzene rings is 2. The monoisotopic (exact) mass is 316 g/mol. The van der Waals surface area contributed by atoms with E-state index in [0.717, 1.165) is 15.6 Å². The molecule has 0 radical (unpaired) electrons. The minimum Gasteiger partial charge on any atom is -0.507 e. The molecule has 2 aromatic rings. The molecule has 0 unspecified atom stereocenters. The number of allylic oxidation sites excluding steroid dienone is 1. The average Bonchev–Trinajstić information content (AvgIpc) is 2.40. The van der Waals surface area contributed by atoms with Crippen LogP contribution in [0.5, 0.6) is 5.75 Å². The third-order valence-electron chi connectivity index (χ3n) is 2.83. The number of phenols is 1. The second-order valence-electron chi connectivity index (χ2n) is 4.22. The zero-order chi connectivity index (χ0) is 13.8. The van der Waals surface area contributed by atoms with Crippen molar-refractivity contribution in [2.45, 2.75) is 6.92 Å². The van der Waals surface area contributed by atoms with E-state index in [1.807, 2.05) is 31.2 Å². The summed E-state index contributed by atoms with van der Waals surface area (Å²) in [5.74, 6) is -0.232. The van der Waals surface area contributed by atoms with Gasteiger partial charge in [0.05, 0.1) is 5.56 Å². The number of halogens is 1. The van der Waals surface area contributed by atoms with Crippen molar-refractivity contribution in [3.8, 4) is 5.75 Å². The van der Waals surface area contributed by atoms with Crippen molar-refractivity contribution in [2.24, 2.45) is 0 Å². The van der Waals surface area contributed by atoms with Crippen LogP contribution in [0.15, 0.2) is 53.0 Å². The van der Waals surface area contributed by atoms with Gasteiger partial charge in [0, 0.05) is 4.47 Å². The lowest BCUT2D eigenvalue weighted by Gasteiger charge is -2.02. The first-order chi connectivity index (χ1) is 9.08. The van der Waals surface area contributed by atoms with Gasteiger partial charge in [-0.15, -0.1) is 0 Å². The minimum absolute atomic E-state index is 0.0115. The molecule has 0 heterocycles. The van der Waals surface area contributed by atoms with E-state index in [-0.39, 0.29) is 11.5 Å². The molecule has 0 saturated heterocycles. The molecule has 0 aliphatic carbocycles. The smallest absolute Gasteiger partial charge is 0.189 e. The summed E-state index contributed by atoms with van der Waals surface area (Å²) in [6.07, 6.45) is 3.24. The molecular weight excluding hydrogens is 304 g/mol. The lowest BCUT2D eigenvalue weighted by atomic mass is 10.1. The van der Waals surface area contributed by atoms with Crippen LogP contribution < -0.4 is 0 Å². The molecule has 96 valence electrons. The Labute approximate surface area is 120 Å². The van der Waals surface area contributed by atoms with Crippen LogP contribution in [0.4, 0.5) is 0 Å². The lowest BCUT2D eigenvalue weighted by molar-refractivity contribution is 0.104. The Hall–Kier alpha value is -1.87. The lowest BCUT2D eigenvalue weighted by Crippen LogP contribution is -1.95. The zero-order valence-corrected chi connectivity index (χ0v) is 12.0. The maximum absolute atomic E-state index is 12.0. The highest BCUT2D eigenvalue weighted by atomic mass is 79.9. The second kappa shape index (κ2) is 5.85. The van der Waals surface area contributed by atoms with E-state index >= 15 is 0 Å². The fourth-order valence-corrected chi connectivity index (χ4v) is 2.10. The number of ketones is 1. The highest BCUT2D eigenvalue weighted by molar-refractivity contribution is 9.10. The van der Waals surface area contributed by atoms with Crippen molar-refractivity contribution in [1.82, 2.24) is 0 Å². The summed E-state index contributed by atoms with van der Waals surface area (Å²) in [5, 5.41) is 9.68. The maximum atomic E-state index is 12.0. The van der Waals surface area contributed by atoms with Gasteiger partial charge in [-0.05, 0) is 42.3 Å². The number of aryl methyl sites for hydroxylation is 1. The molecule has 1 N–H and O–H groups in total. The molecule has 0 aliphatic heterocycles. The van der Waals surface area contributed by atoms with Crippen LogP contribution in [0.1, 0.15) is 21.5 Å². The van der Waals surface area contributed by atoms with Gasteiger partial charge in [-0.1, -0.05) is 46.3 Å². The molecule has 0 fully saturated rings. The quantitative estimate of drug-likeness (QED) is 0.674. The van der Waals surface area contributed by atoms with Crippen molar-refractivity contribution < 1.29 is 9.90 Å². The second-order valence-corrected chi connectivity index (χ2v) is 5.13. The number of carbonyl (C=O) groups is 1. The summed E-state index contributed by atoms with van der Waals surface area (Å²) in [6.45, 7) is 1.99. The van der Waals surface area contributed by atoms with Gasteiger partial charge in [-0.2, -0.15) is 0 Å². The summed E-state index contributed by atoms with van der Waals surface area (Å²) in [5.41, 5.74) is 2.38. The van der Waals surface area contributed by atoms with Gasteiger partial charge in [0.1, 0.15) is 5.75 Å². The van der Waals surface area contributed by atoms with E-state index < -0.39 is 0 Å². The molecule has 2 rings (SSSR count). The van der Waals surface area contributed by atoms with Crippen LogP contribution in [0.2, 0.25) is 0 Å². The third kappa shape index (κ3) is 3.32. The molecule has 0 aliphatic rings. The number of hydrogen-bond acceptors (Lipinski definition) is 2. The van der Waals surface area contributed by atoms with Crippen molar-refractivity contribution in [1.29, 1.82) is 0 Å². The van der Waals surface area contributed by atoms with E-state index in [0.29, 0.717) is 5.56 Å². The van der Waals surface area contributed by atoms with Crippen molar-refractivity contribution in [3.05, 3.63) is 69.7 Å². The highest BCUT2D eigenvalue weighted by Crippen LogP contribution is 2.23. The van der Waals surface area contributed by atoms with Gasteiger partial charge in [-0.25, -0.2) is 0 Å². The Balaban J connectivity index is 2.26. The van der Waals surface area contributed by atoms with Gasteiger partial charge in [0.15, 0.2) is 5.78 Å². The number of hydrogen-bond donors (Lipinski definition) is 1. The molecule has 0 bridgehead atoms. The largest absolute Gasteiger partial charge is 0.507 e. The van der Waals surface area contributed by atoms with Gasteiger partial charge in [-0.3, -0.25) is 4.79 Å². The molecule has 0 atom stereocenters. The molecule has 3 heteroatoms. The van der Waals surface area contributed by atoms with Crippen molar-refractivity contribution in [3.63, 3.8) is 0 Å². The van der Waals surface area contributed by atoms with Gasteiger partial charge >= 0.3 is 0 Å². The van der Waals surface area contributed by atoms with Crippen LogP contribution >= 0.6 is 15.9 Å². The molecule has 2 nitrogen and oxygen atoms in total. The molecule has 0 amide bonds. The standard InChI is InChI=1S/C16H13BrO2/c1-11-4-2-3-5-12(11)6-8-15(18)14-10-13(17)7-9-16(14)19/h2-10,19H,1H3/b8-6+. The third-order valence-corrected chi connectivity index (χ3v) is 3.32. The van der Waals surface area contributed by atoms with E-state index in [1.165, 1.54) is 12.1 Å². The summed E-state index contributed by atoms with van der Waals surface area (Å²) in [7, 11) is 0. The Morgan fingerprint density at radius 2 is 1.95 bits per heavy atom. The predicted molar refractivity (Wildman–Crippen MR) is 80.4 cm³/mol. The minimum atomic E-state index is -0.220. The SMILES string of the molecule is Cc1ccccc1/C=C/C(=O)c1cc(Br)ccc1O. The van der Waals surface area contributed by atoms with E-state index in [4.69, 9.17) is 0 Å². The summed E-state index contributed by atoms with van der Waals surface area (Å²) in [4.78, 5) is 12.0. The number of aromatic hydroxyl groups is 1. The number of carbonyl (C=O) groups excluding carboxylic acids is 1. The summed E-state index contributed by atoms with van der Waals surface area (Å²) >= 11 is 3.28. The molecule has 19 heavy (non-hydrogen) atoms. The summed E-state index contributed by atoms with van der Waals surface area (Å²) < 4.78 is 0.762. The van der Waals surface area contributed by atoms with Gasteiger partial charge in [0.25, 0.3) is 0 Å². The number of rotatable bonds is 3. The highest BCUT2D eigenvalue weighted by Gasteiger charge is 2.08. The topological polar surface area (TPSA) is 37.3 Å². The first kappa shape index (κ1) is 13.6. The van der Waals surface area contributed by atoms with Gasteiger partial charge in [0.2, 0.25) is 0 Å². The Morgan fingerprint density at radius 3 is 2.68 bits per heavy atom. The normalized spacial score (nSPS) is 10.8. The fourth-order valence-electron chi connectivity index (χ4n) is 1.73. The molecule has 0 spiro atoms. The molecule has 0 aromatic heterocycles. The average molecular weight is 317 g/mol. The molecule has 0 saturated carbocycles. The van der Waals surface area contributed by atoms with Gasteiger partial charge < -0.3 is 5.11 Å². The van der Waals surface area contributed by atoms with Crippen LogP contribution in [0, 0.1) is 6.92 Å². The van der Waals surface area contributed by atoms with Crippen LogP contribution in [-0.2, 0) is 0 Å². The Kier molecular flexibility index (Phi) is 4.17. The molecular formula is C16H13BrO2. The van der Waals surface area contributed by atoms with Crippen LogP contribution in [0.3, 0.4) is 0 Å². The Bertz CT molecular complexity index is 645. The van der Waals surface area contributed by atoms with Crippen LogP contribution in [0.25, 0.3) is 6.08 Å². The Morgan fingerprint density at radius 1 is 1.21 bits per heavy atom. The predicted octanol–water partition coefficient (Wildman–Crippen LogP) is 4.36. The van der Waals surface area contributed by atoms with E-state index in [2.05, 4.69) is 15.9 Å². The number of phenolic OH excluding ortho intramolecular Hbond substituents is 1. The summed E-state index contributed by atoms with van der Waals surface area (Å²) in [6, 6.07) is 12.6. The van der Waals surface area contributed by atoms with E-state index in [1.54, 1.807) is 18.2 Å². The van der Waals surface area contributed by atoms with Crippen LogP contribution in [-0.4, -0.2) is 10.9 Å². The van der Waals surface area contributed by atoms with E-state index in [9.17, 15) is 9.90 Å². The fraction of sp³-hybridized carbons (Fsp3) is 0.0625. The zero-order valence-electron chi connectivity index (χ0n) is 10.4. The first-order valence-electron chi connectivity index (χ1n) is 5.84. The first-order valence-corrected chi connectivity index (χ1v) is 6.64. The molecule has 2 aromatic carbocycles. The van der Waals surface area contributed by atoms with Crippen molar-refractivity contribution >= 4 is 27.8 Å². The van der Waals surface area contributed by atoms with Crippen molar-refractivity contribution in [2.75, 3.05) is 0 Å².